The molecule has 0 aliphatic rings. The number of ether oxygens (including phenoxy) is 1. The Hall–Kier alpha value is -2.61. The fourth-order valence-electron chi connectivity index (χ4n) is 4.44. The molecule has 0 bridgehead atoms. The Labute approximate surface area is 261 Å². The number of unbranched alkanes of at least 4 members (excludes halogenated alkanes) is 9. The van der Waals surface area contributed by atoms with E-state index in [4.69, 9.17) is 4.74 Å². The van der Waals surface area contributed by atoms with Crippen molar-refractivity contribution >= 4 is 5.97 Å². The van der Waals surface area contributed by atoms with Gasteiger partial charge in [-0.3, -0.25) is 0 Å². The van der Waals surface area contributed by atoms with Gasteiger partial charge in [0.05, 0.1) is 0 Å². The molecule has 0 atom stereocenters. The van der Waals surface area contributed by atoms with Crippen LogP contribution in [0.4, 0.5) is 0 Å². The van der Waals surface area contributed by atoms with Crippen LogP contribution in [-0.2, 0) is 9.53 Å². The molecule has 0 spiro atoms. The van der Waals surface area contributed by atoms with Crippen LogP contribution in [0.15, 0.2) is 95.2 Å². The zero-order chi connectivity index (χ0) is 31.1. The summed E-state index contributed by atoms with van der Waals surface area (Å²) in [7, 11) is 0. The maximum atomic E-state index is 11.9. The van der Waals surface area contributed by atoms with Crippen LogP contribution in [0, 0.1) is 0 Å². The molecule has 0 heterocycles. The lowest BCUT2D eigenvalue weighted by molar-refractivity contribution is -0.136. The predicted molar refractivity (Wildman–Crippen MR) is 188 cm³/mol. The first kappa shape index (κ1) is 39.4. The lowest BCUT2D eigenvalue weighted by Crippen LogP contribution is -2.00. The Kier molecular flexibility index (Phi) is 28.0. The number of carbonyl (C=O) groups excluding carboxylic acids is 1. The Morgan fingerprint density at radius 2 is 1.00 bits per heavy atom. The molecule has 0 unspecified atom stereocenters. The lowest BCUT2D eigenvalue weighted by atomic mass is 10.0. The highest BCUT2D eigenvalue weighted by molar-refractivity contribution is 5.82. The summed E-state index contributed by atoms with van der Waals surface area (Å²) >= 11 is 0. The fourth-order valence-corrected chi connectivity index (χ4v) is 4.44. The zero-order valence-electron chi connectivity index (χ0n) is 28.3. The number of rotatable bonds is 25. The highest BCUT2D eigenvalue weighted by atomic mass is 16.5. The highest BCUT2D eigenvalue weighted by Gasteiger charge is 1.96. The van der Waals surface area contributed by atoms with E-state index in [9.17, 15) is 4.79 Å². The van der Waals surface area contributed by atoms with Gasteiger partial charge in [0.15, 0.2) is 0 Å². The van der Waals surface area contributed by atoms with Crippen LogP contribution in [0.5, 0.6) is 0 Å². The maximum Gasteiger partial charge on any atom is 0.331 e. The van der Waals surface area contributed by atoms with Gasteiger partial charge in [-0.05, 0) is 92.1 Å². The summed E-state index contributed by atoms with van der Waals surface area (Å²) in [6.07, 6.45) is 44.4. The molecule has 0 radical (unpaired) electrons. The average molecular weight is 577 g/mol. The number of hydrogen-bond donors (Lipinski definition) is 0. The minimum Gasteiger partial charge on any atom is -0.458 e. The summed E-state index contributed by atoms with van der Waals surface area (Å²) in [5, 5.41) is 0. The first-order chi connectivity index (χ1) is 20.3. The van der Waals surface area contributed by atoms with Crippen LogP contribution in [0.1, 0.15) is 144 Å². The SMILES string of the molecule is CCCCCCCCCCCC=CC=CC=CC=CC(=O)OCC=C(C)CCC=C(C)CCC=C(C)CCC=C(C)C. The molecule has 0 rings (SSSR count). The number of carbonyl (C=O) groups is 1. The van der Waals surface area contributed by atoms with E-state index < -0.39 is 0 Å². The van der Waals surface area contributed by atoms with Crippen LogP contribution in [0.3, 0.4) is 0 Å². The van der Waals surface area contributed by atoms with E-state index >= 15 is 0 Å². The van der Waals surface area contributed by atoms with Gasteiger partial charge in [0.1, 0.15) is 6.61 Å². The lowest BCUT2D eigenvalue weighted by Gasteiger charge is -2.03. The van der Waals surface area contributed by atoms with Crippen LogP contribution in [0.25, 0.3) is 0 Å². The van der Waals surface area contributed by atoms with E-state index in [0.29, 0.717) is 6.61 Å². The van der Waals surface area contributed by atoms with Crippen molar-refractivity contribution in [3.8, 4) is 0 Å². The molecular weight excluding hydrogens is 512 g/mol. The summed E-state index contributed by atoms with van der Waals surface area (Å²) in [5.41, 5.74) is 5.58. The second-order valence-electron chi connectivity index (χ2n) is 11.9. The van der Waals surface area contributed by atoms with E-state index in [0.717, 1.165) is 44.9 Å². The summed E-state index contributed by atoms with van der Waals surface area (Å²) < 4.78 is 5.29. The van der Waals surface area contributed by atoms with Crippen molar-refractivity contribution in [1.82, 2.24) is 0 Å². The van der Waals surface area contributed by atoms with Crippen LogP contribution in [-0.4, -0.2) is 12.6 Å². The zero-order valence-corrected chi connectivity index (χ0v) is 28.3. The van der Waals surface area contributed by atoms with Gasteiger partial charge >= 0.3 is 5.97 Å². The molecule has 0 saturated heterocycles. The van der Waals surface area contributed by atoms with Gasteiger partial charge in [0.25, 0.3) is 0 Å². The topological polar surface area (TPSA) is 26.3 Å². The van der Waals surface area contributed by atoms with Gasteiger partial charge in [-0.2, -0.15) is 0 Å². The summed E-state index contributed by atoms with van der Waals surface area (Å²) in [6, 6.07) is 0. The Bertz CT molecular complexity index is 913. The minimum atomic E-state index is -0.312. The van der Waals surface area contributed by atoms with Crippen molar-refractivity contribution in [3.63, 3.8) is 0 Å². The summed E-state index contributed by atoms with van der Waals surface area (Å²) in [4.78, 5) is 11.9. The van der Waals surface area contributed by atoms with E-state index in [-0.39, 0.29) is 5.97 Å². The molecule has 0 amide bonds. The van der Waals surface area contributed by atoms with E-state index in [1.807, 2.05) is 30.4 Å². The number of allylic oxidation sites excluding steroid dienone is 14. The molecule has 2 heteroatoms. The summed E-state index contributed by atoms with van der Waals surface area (Å²) in [5.74, 6) is -0.312. The second kappa shape index (κ2) is 29.9. The third kappa shape index (κ3) is 30.4. The van der Waals surface area contributed by atoms with Crippen LogP contribution >= 0.6 is 0 Å². The van der Waals surface area contributed by atoms with Crippen molar-refractivity contribution in [3.05, 3.63) is 95.2 Å². The van der Waals surface area contributed by atoms with Crippen molar-refractivity contribution in [2.75, 3.05) is 6.61 Å². The quantitative estimate of drug-likeness (QED) is 0.0355. The highest BCUT2D eigenvalue weighted by Crippen LogP contribution is 2.14. The first-order valence-corrected chi connectivity index (χ1v) is 16.8. The molecule has 0 aliphatic heterocycles. The molecular formula is C40H64O2. The van der Waals surface area contributed by atoms with Crippen molar-refractivity contribution in [2.45, 2.75) is 144 Å². The Morgan fingerprint density at radius 1 is 0.524 bits per heavy atom. The van der Waals surface area contributed by atoms with Gasteiger partial charge in [0, 0.05) is 6.08 Å². The molecule has 42 heavy (non-hydrogen) atoms. The van der Waals surface area contributed by atoms with Crippen LogP contribution < -0.4 is 0 Å². The smallest absolute Gasteiger partial charge is 0.331 e. The molecule has 0 fully saturated rings. The largest absolute Gasteiger partial charge is 0.458 e. The fraction of sp³-hybridized carbons (Fsp3) is 0.575. The molecule has 236 valence electrons. The predicted octanol–water partition coefficient (Wildman–Crippen LogP) is 12.8. The third-order valence-electron chi connectivity index (χ3n) is 7.21. The van der Waals surface area contributed by atoms with Crippen molar-refractivity contribution in [2.24, 2.45) is 0 Å². The average Bonchev–Trinajstić information content (AvgIpc) is 2.94. The number of hydrogen-bond acceptors (Lipinski definition) is 2. The Morgan fingerprint density at radius 3 is 1.57 bits per heavy atom. The molecule has 0 saturated carbocycles. The first-order valence-electron chi connectivity index (χ1n) is 16.8. The summed E-state index contributed by atoms with van der Waals surface area (Å²) in [6.45, 7) is 13.5. The van der Waals surface area contributed by atoms with Gasteiger partial charge in [-0.25, -0.2) is 4.79 Å². The van der Waals surface area contributed by atoms with Gasteiger partial charge in [-0.15, -0.1) is 0 Å². The maximum absolute atomic E-state index is 11.9. The van der Waals surface area contributed by atoms with Crippen molar-refractivity contribution < 1.29 is 9.53 Å². The molecule has 0 aromatic heterocycles. The van der Waals surface area contributed by atoms with E-state index in [1.165, 1.54) is 86.2 Å². The molecule has 0 aromatic rings. The van der Waals surface area contributed by atoms with Crippen LogP contribution in [0.2, 0.25) is 0 Å². The van der Waals surface area contributed by atoms with Gasteiger partial charge in [0.2, 0.25) is 0 Å². The van der Waals surface area contributed by atoms with Gasteiger partial charge in [-0.1, -0.05) is 141 Å². The number of esters is 1. The standard InChI is InChI=1S/C40H64O2/c1-7-8-9-10-11-12-13-14-15-16-17-18-19-20-21-22-23-33-40(41)42-35-34-39(6)32-26-31-38(5)30-25-29-37(4)28-24-27-36(2)3/h17-23,27,29,31,33-34H,7-16,24-26,28,30,32,35H2,1-6H3. The molecule has 0 N–H and O–H groups in total. The Balaban J connectivity index is 3.93. The monoisotopic (exact) mass is 576 g/mol. The minimum absolute atomic E-state index is 0.312. The normalized spacial score (nSPS) is 13.3. The van der Waals surface area contributed by atoms with E-state index in [1.54, 1.807) is 6.08 Å². The molecule has 0 aliphatic carbocycles. The second-order valence-corrected chi connectivity index (χ2v) is 11.9. The third-order valence-corrected chi connectivity index (χ3v) is 7.21. The van der Waals surface area contributed by atoms with Crippen molar-refractivity contribution in [1.29, 1.82) is 0 Å². The van der Waals surface area contributed by atoms with E-state index in [2.05, 4.69) is 71.9 Å². The van der Waals surface area contributed by atoms with Gasteiger partial charge < -0.3 is 4.74 Å². The molecule has 0 aromatic carbocycles. The molecule has 2 nitrogen and oxygen atoms in total.